The molecule has 1 saturated carbocycles. The van der Waals surface area contributed by atoms with Gasteiger partial charge >= 0.3 is 0 Å². The topological polar surface area (TPSA) is 117 Å². The number of rotatable bonds is 9. The SMILES string of the molecule is COc1nc(-c2cccc(-c3ccnc(-c4ccc5nc([C@H]6N[C@H]7CC[C@@H]6C7)[nH]c5c4)c3Cl)c2Cl)ccc1CNC[C@H]1CCC(=O)N1. The smallest absolute Gasteiger partial charge is 0.220 e. The summed E-state index contributed by atoms with van der Waals surface area (Å²) in [5.41, 5.74) is 7.43. The Kier molecular flexibility index (Phi) is 8.09. The van der Waals surface area contributed by atoms with Gasteiger partial charge in [0, 0.05) is 65.6 Å². The van der Waals surface area contributed by atoms with Crippen LogP contribution in [0.25, 0.3) is 44.7 Å². The molecule has 240 valence electrons. The van der Waals surface area contributed by atoms with Gasteiger partial charge in [-0.25, -0.2) is 9.97 Å². The van der Waals surface area contributed by atoms with E-state index in [0.29, 0.717) is 64.8 Å². The minimum atomic E-state index is 0.108. The summed E-state index contributed by atoms with van der Waals surface area (Å²) in [4.78, 5) is 29.5. The number of hydrogen-bond acceptors (Lipinski definition) is 7. The van der Waals surface area contributed by atoms with Crippen molar-refractivity contribution in [3.8, 4) is 39.5 Å². The van der Waals surface area contributed by atoms with E-state index in [1.807, 2.05) is 48.5 Å². The summed E-state index contributed by atoms with van der Waals surface area (Å²) in [6.45, 7) is 1.25. The Morgan fingerprint density at radius 1 is 0.979 bits per heavy atom. The first-order valence-electron chi connectivity index (χ1n) is 16.2. The number of nitrogens with one attached hydrogen (secondary N) is 4. The molecule has 4 atom stereocenters. The molecule has 1 amide bonds. The van der Waals surface area contributed by atoms with Crippen molar-refractivity contribution in [3.63, 3.8) is 0 Å². The zero-order valence-electron chi connectivity index (χ0n) is 25.9. The Bertz CT molecular complexity index is 2000. The van der Waals surface area contributed by atoms with Crippen molar-refractivity contribution in [1.29, 1.82) is 0 Å². The molecule has 0 spiro atoms. The van der Waals surface area contributed by atoms with E-state index in [-0.39, 0.29) is 11.9 Å². The molecule has 47 heavy (non-hydrogen) atoms. The monoisotopic (exact) mass is 667 g/mol. The fourth-order valence-corrected chi connectivity index (χ4v) is 8.07. The van der Waals surface area contributed by atoms with Crippen LogP contribution in [-0.4, -0.2) is 51.6 Å². The van der Waals surface area contributed by atoms with Crippen molar-refractivity contribution < 1.29 is 9.53 Å². The normalized spacial score (nSPS) is 21.9. The van der Waals surface area contributed by atoms with Gasteiger partial charge in [-0.2, -0.15) is 0 Å². The number of carbonyl (C=O) groups is 1. The molecule has 5 heterocycles. The first-order chi connectivity index (χ1) is 22.9. The highest BCUT2D eigenvalue weighted by atomic mass is 35.5. The third-order valence-electron chi connectivity index (χ3n) is 9.81. The molecule has 2 aliphatic heterocycles. The van der Waals surface area contributed by atoms with Crippen molar-refractivity contribution in [2.24, 2.45) is 5.92 Å². The van der Waals surface area contributed by atoms with E-state index in [0.717, 1.165) is 51.1 Å². The number of amides is 1. The quantitative estimate of drug-likeness (QED) is 0.136. The molecule has 3 aliphatic rings. The Labute approximate surface area is 282 Å². The van der Waals surface area contributed by atoms with E-state index in [1.54, 1.807) is 13.3 Å². The third-order valence-corrected chi connectivity index (χ3v) is 10.6. The fraction of sp³-hybridized carbons (Fsp3) is 0.333. The highest BCUT2D eigenvalue weighted by Gasteiger charge is 2.41. The molecule has 5 aromatic rings. The van der Waals surface area contributed by atoms with Crippen molar-refractivity contribution in [1.82, 2.24) is 35.9 Å². The highest BCUT2D eigenvalue weighted by Crippen LogP contribution is 2.44. The molecule has 9 nitrogen and oxygen atoms in total. The molecule has 2 saturated heterocycles. The first kappa shape index (κ1) is 30.3. The number of piperidine rings is 1. The van der Waals surface area contributed by atoms with E-state index < -0.39 is 0 Å². The van der Waals surface area contributed by atoms with Gasteiger partial charge in [-0.3, -0.25) is 9.78 Å². The maximum absolute atomic E-state index is 11.5. The Hall–Kier alpha value is -4.02. The van der Waals surface area contributed by atoms with Gasteiger partial charge in [0.1, 0.15) is 5.82 Å². The number of halogens is 2. The van der Waals surface area contributed by atoms with Crippen LogP contribution in [-0.2, 0) is 11.3 Å². The molecular formula is C36H35Cl2N7O2. The van der Waals surface area contributed by atoms with Crippen molar-refractivity contribution >= 4 is 40.1 Å². The molecule has 4 N–H and O–H groups in total. The maximum Gasteiger partial charge on any atom is 0.220 e. The predicted octanol–water partition coefficient (Wildman–Crippen LogP) is 6.85. The average Bonchev–Trinajstić information content (AvgIpc) is 3.90. The van der Waals surface area contributed by atoms with Crippen LogP contribution >= 0.6 is 23.2 Å². The maximum atomic E-state index is 11.5. The number of ether oxygens (including phenoxy) is 1. The fourth-order valence-electron chi connectivity index (χ4n) is 7.42. The van der Waals surface area contributed by atoms with Crippen LogP contribution in [0, 0.1) is 5.92 Å². The zero-order chi connectivity index (χ0) is 32.1. The summed E-state index contributed by atoms with van der Waals surface area (Å²) in [5, 5.41) is 11.2. The number of nitrogens with zero attached hydrogens (tertiary/aromatic N) is 3. The lowest BCUT2D eigenvalue weighted by molar-refractivity contribution is -0.119. The molecular weight excluding hydrogens is 633 g/mol. The number of benzene rings is 2. The van der Waals surface area contributed by atoms with Gasteiger partial charge in [-0.15, -0.1) is 0 Å². The van der Waals surface area contributed by atoms with Gasteiger partial charge in [-0.05, 0) is 55.9 Å². The minimum absolute atomic E-state index is 0.108. The van der Waals surface area contributed by atoms with E-state index in [9.17, 15) is 4.79 Å². The largest absolute Gasteiger partial charge is 0.481 e. The number of H-pyrrole nitrogens is 1. The lowest BCUT2D eigenvalue weighted by atomic mass is 9.99. The van der Waals surface area contributed by atoms with Crippen LogP contribution in [0.1, 0.15) is 49.5 Å². The lowest BCUT2D eigenvalue weighted by Crippen LogP contribution is -2.35. The van der Waals surface area contributed by atoms with Crippen LogP contribution in [0.5, 0.6) is 5.88 Å². The van der Waals surface area contributed by atoms with Crippen molar-refractivity contribution in [3.05, 3.63) is 82.2 Å². The second-order valence-electron chi connectivity index (χ2n) is 12.8. The average molecular weight is 669 g/mol. The van der Waals surface area contributed by atoms with Crippen molar-refractivity contribution in [2.45, 2.75) is 56.8 Å². The number of aromatic amines is 1. The molecule has 0 unspecified atom stereocenters. The molecule has 1 aliphatic carbocycles. The van der Waals surface area contributed by atoms with E-state index in [2.05, 4.69) is 32.0 Å². The van der Waals surface area contributed by atoms with Crippen LogP contribution in [0.4, 0.5) is 0 Å². The van der Waals surface area contributed by atoms with Gasteiger partial charge in [0.25, 0.3) is 0 Å². The predicted molar refractivity (Wildman–Crippen MR) is 184 cm³/mol. The standard InChI is InChI=1S/C36H35Cl2N7O2/c1-47-36-21(17-39-18-23-9-12-30(46)41-23)7-10-27(45-36)26-4-2-3-24(31(26)37)25-13-14-40-33(32(25)38)20-6-11-28-29(16-20)44-35(43-28)34-19-5-8-22(15-19)42-34/h2-4,6-7,10-11,13-14,16,19,22-23,34,39,42H,5,8-9,12,15,17-18H2,1H3,(H,41,46)(H,43,44)/t19-,22+,23-,34+/m1/s1. The molecule has 3 aromatic heterocycles. The Morgan fingerprint density at radius 3 is 2.64 bits per heavy atom. The number of pyridine rings is 2. The molecule has 0 radical (unpaired) electrons. The summed E-state index contributed by atoms with van der Waals surface area (Å²) >= 11 is 14.2. The summed E-state index contributed by atoms with van der Waals surface area (Å²) in [6, 6.07) is 18.9. The van der Waals surface area contributed by atoms with Crippen LogP contribution in [0.15, 0.2) is 60.8 Å². The number of aromatic nitrogens is 4. The summed E-state index contributed by atoms with van der Waals surface area (Å²) < 4.78 is 5.66. The van der Waals surface area contributed by atoms with E-state index in [1.165, 1.54) is 19.3 Å². The molecule has 2 bridgehead atoms. The first-order valence-corrected chi connectivity index (χ1v) is 16.9. The van der Waals surface area contributed by atoms with Crippen LogP contribution in [0.2, 0.25) is 10.0 Å². The highest BCUT2D eigenvalue weighted by molar-refractivity contribution is 6.39. The molecule has 11 heteroatoms. The zero-order valence-corrected chi connectivity index (χ0v) is 27.5. The van der Waals surface area contributed by atoms with Crippen LogP contribution < -0.4 is 20.7 Å². The molecule has 2 aromatic carbocycles. The number of hydrogen-bond donors (Lipinski definition) is 4. The third kappa shape index (κ3) is 5.75. The van der Waals surface area contributed by atoms with Gasteiger partial charge < -0.3 is 25.7 Å². The van der Waals surface area contributed by atoms with Gasteiger partial charge in [0.2, 0.25) is 11.8 Å². The number of fused-ring (bicyclic) bond motifs is 3. The second kappa shape index (κ2) is 12.5. The Balaban J connectivity index is 1.05. The summed E-state index contributed by atoms with van der Waals surface area (Å²) in [6.07, 6.45) is 6.95. The Morgan fingerprint density at radius 2 is 1.85 bits per heavy atom. The van der Waals surface area contributed by atoms with Gasteiger partial charge in [0.05, 0.1) is 45.6 Å². The summed E-state index contributed by atoms with van der Waals surface area (Å²) in [5.74, 6) is 2.29. The van der Waals surface area contributed by atoms with Gasteiger partial charge in [-0.1, -0.05) is 53.5 Å². The number of imidazole rings is 1. The number of carbonyl (C=O) groups excluding carboxylic acids is 1. The second-order valence-corrected chi connectivity index (χ2v) is 13.5. The van der Waals surface area contributed by atoms with E-state index >= 15 is 0 Å². The van der Waals surface area contributed by atoms with Crippen LogP contribution in [0.3, 0.4) is 0 Å². The number of methoxy groups -OCH3 is 1. The van der Waals surface area contributed by atoms with Gasteiger partial charge in [0.15, 0.2) is 0 Å². The summed E-state index contributed by atoms with van der Waals surface area (Å²) in [7, 11) is 1.61. The molecule has 3 fully saturated rings. The lowest BCUT2D eigenvalue weighted by Gasteiger charge is -2.20. The molecule has 8 rings (SSSR count). The van der Waals surface area contributed by atoms with E-state index in [4.69, 9.17) is 37.9 Å². The minimum Gasteiger partial charge on any atom is -0.481 e. The van der Waals surface area contributed by atoms with Crippen molar-refractivity contribution in [2.75, 3.05) is 13.7 Å².